The Morgan fingerprint density at radius 1 is 1.22 bits per heavy atom. The van der Waals surface area contributed by atoms with E-state index in [9.17, 15) is 17.6 Å². The highest BCUT2D eigenvalue weighted by Crippen LogP contribution is 2.30. The van der Waals surface area contributed by atoms with Gasteiger partial charge in [-0.2, -0.15) is 0 Å². The van der Waals surface area contributed by atoms with E-state index in [1.807, 2.05) is 13.0 Å². The standard InChI is InChI=1S/C20H23F4N3/c1-11-4-5-12(2)18(6-11)26-20-25-13(3)17(23)10-27(20)9-14-7-15(21)19(24)16(22)8-14/h4-5,7,10-11,13,16H,6,8-9H2,1-3H3,(H,25,26). The molecule has 1 N–H and O–H groups in total. The molecule has 0 amide bonds. The van der Waals surface area contributed by atoms with E-state index < -0.39 is 29.7 Å². The van der Waals surface area contributed by atoms with Crippen molar-refractivity contribution in [2.24, 2.45) is 10.9 Å². The Morgan fingerprint density at radius 2 is 1.96 bits per heavy atom. The molecule has 0 bridgehead atoms. The summed E-state index contributed by atoms with van der Waals surface area (Å²) in [6.45, 7) is 5.71. The topological polar surface area (TPSA) is 27.6 Å². The molecular weight excluding hydrogens is 358 g/mol. The van der Waals surface area contributed by atoms with Crippen molar-refractivity contribution in [2.75, 3.05) is 6.54 Å². The van der Waals surface area contributed by atoms with Crippen LogP contribution >= 0.6 is 0 Å². The van der Waals surface area contributed by atoms with Crippen LogP contribution in [0, 0.1) is 5.92 Å². The molecule has 0 saturated carbocycles. The van der Waals surface area contributed by atoms with Crippen LogP contribution in [0.1, 0.15) is 33.6 Å². The Labute approximate surface area is 156 Å². The van der Waals surface area contributed by atoms with Gasteiger partial charge in [0, 0.05) is 24.9 Å². The second kappa shape index (κ2) is 7.74. The first kappa shape index (κ1) is 19.5. The zero-order chi connectivity index (χ0) is 19.7. The minimum absolute atomic E-state index is 0.0187. The second-order valence-corrected chi connectivity index (χ2v) is 7.27. The predicted octanol–water partition coefficient (Wildman–Crippen LogP) is 5.14. The Balaban J connectivity index is 1.83. The van der Waals surface area contributed by atoms with Crippen molar-refractivity contribution in [3.63, 3.8) is 0 Å². The van der Waals surface area contributed by atoms with Crippen molar-refractivity contribution in [3.8, 4) is 0 Å². The number of rotatable bonds is 3. The van der Waals surface area contributed by atoms with Gasteiger partial charge in [0.05, 0.1) is 0 Å². The van der Waals surface area contributed by atoms with Gasteiger partial charge in [0.15, 0.2) is 17.8 Å². The summed E-state index contributed by atoms with van der Waals surface area (Å²) < 4.78 is 54.6. The summed E-state index contributed by atoms with van der Waals surface area (Å²) in [5.74, 6) is -2.28. The minimum Gasteiger partial charge on any atom is -0.329 e. The fourth-order valence-electron chi connectivity index (χ4n) is 3.21. The molecule has 0 aromatic heterocycles. The molecule has 0 fully saturated rings. The molecule has 3 rings (SSSR count). The number of halogens is 4. The smallest absolute Gasteiger partial charge is 0.203 e. The third-order valence-electron chi connectivity index (χ3n) is 4.85. The number of aliphatic imine (C=N–C) groups is 1. The zero-order valence-corrected chi connectivity index (χ0v) is 15.6. The lowest BCUT2D eigenvalue weighted by Crippen LogP contribution is -2.43. The SMILES string of the molecule is CC1=C(NC2=NC(C)C(F)=CN2CC2=CC(F)=C(F)C(F)C2)CC(C)C=C1. The summed E-state index contributed by atoms with van der Waals surface area (Å²) in [6.07, 6.45) is 4.89. The van der Waals surface area contributed by atoms with Crippen LogP contribution in [0.3, 0.4) is 0 Å². The van der Waals surface area contributed by atoms with E-state index in [0.717, 1.165) is 23.8 Å². The van der Waals surface area contributed by atoms with E-state index in [4.69, 9.17) is 0 Å². The molecular formula is C20H23F4N3. The van der Waals surface area contributed by atoms with Crippen molar-refractivity contribution in [1.29, 1.82) is 0 Å². The van der Waals surface area contributed by atoms with Crippen LogP contribution in [0.2, 0.25) is 0 Å². The van der Waals surface area contributed by atoms with Crippen molar-refractivity contribution >= 4 is 5.96 Å². The molecule has 0 radical (unpaired) electrons. The zero-order valence-electron chi connectivity index (χ0n) is 15.6. The van der Waals surface area contributed by atoms with Crippen LogP contribution in [-0.4, -0.2) is 29.6 Å². The molecule has 7 heteroatoms. The Hall–Kier alpha value is -2.31. The van der Waals surface area contributed by atoms with Crippen LogP contribution in [0.25, 0.3) is 0 Å². The lowest BCUT2D eigenvalue weighted by molar-refractivity contribution is 0.301. The average molecular weight is 381 g/mol. The molecule has 27 heavy (non-hydrogen) atoms. The quantitative estimate of drug-likeness (QED) is 0.686. The van der Waals surface area contributed by atoms with Crippen LogP contribution in [0.15, 0.2) is 63.7 Å². The third-order valence-corrected chi connectivity index (χ3v) is 4.85. The van der Waals surface area contributed by atoms with Crippen molar-refractivity contribution in [3.05, 3.63) is 58.8 Å². The van der Waals surface area contributed by atoms with Gasteiger partial charge in [-0.05, 0) is 43.4 Å². The molecule has 0 saturated heterocycles. The fraction of sp³-hybridized carbons (Fsp3) is 0.450. The molecule has 2 aliphatic carbocycles. The first-order valence-corrected chi connectivity index (χ1v) is 9.00. The average Bonchev–Trinajstić information content (AvgIpc) is 2.60. The van der Waals surface area contributed by atoms with E-state index >= 15 is 0 Å². The molecule has 1 aliphatic heterocycles. The maximum Gasteiger partial charge on any atom is 0.203 e. The Bertz CT molecular complexity index is 804. The summed E-state index contributed by atoms with van der Waals surface area (Å²) in [7, 11) is 0. The number of hydrogen-bond donors (Lipinski definition) is 1. The van der Waals surface area contributed by atoms with Crippen molar-refractivity contribution in [2.45, 2.75) is 45.8 Å². The maximum atomic E-state index is 14.1. The highest BCUT2D eigenvalue weighted by atomic mass is 19.2. The van der Waals surface area contributed by atoms with Gasteiger partial charge in [-0.25, -0.2) is 22.6 Å². The minimum atomic E-state index is -2.01. The number of allylic oxidation sites excluding steroid dienone is 7. The summed E-state index contributed by atoms with van der Waals surface area (Å²) in [5, 5.41) is 3.25. The number of guanidine groups is 1. The second-order valence-electron chi connectivity index (χ2n) is 7.27. The summed E-state index contributed by atoms with van der Waals surface area (Å²) in [5.41, 5.74) is 2.35. The van der Waals surface area contributed by atoms with Crippen LogP contribution < -0.4 is 5.32 Å². The van der Waals surface area contributed by atoms with Crippen LogP contribution in [0.5, 0.6) is 0 Å². The van der Waals surface area contributed by atoms with Gasteiger partial charge < -0.3 is 10.2 Å². The van der Waals surface area contributed by atoms with E-state index in [0.29, 0.717) is 17.5 Å². The van der Waals surface area contributed by atoms with E-state index in [1.54, 1.807) is 6.92 Å². The van der Waals surface area contributed by atoms with Gasteiger partial charge in [-0.3, -0.25) is 0 Å². The predicted molar refractivity (Wildman–Crippen MR) is 98.4 cm³/mol. The normalized spacial score (nSPS) is 28.9. The number of hydrogen-bond acceptors (Lipinski definition) is 3. The largest absolute Gasteiger partial charge is 0.329 e. The lowest BCUT2D eigenvalue weighted by atomic mass is 9.96. The number of nitrogens with zero attached hydrogens (tertiary/aromatic N) is 2. The summed E-state index contributed by atoms with van der Waals surface area (Å²) >= 11 is 0. The highest BCUT2D eigenvalue weighted by Gasteiger charge is 2.28. The fourth-order valence-corrected chi connectivity index (χ4v) is 3.21. The number of alkyl halides is 1. The van der Waals surface area contributed by atoms with Gasteiger partial charge in [0.1, 0.15) is 11.9 Å². The van der Waals surface area contributed by atoms with Gasteiger partial charge in [-0.15, -0.1) is 0 Å². The van der Waals surface area contributed by atoms with Gasteiger partial charge >= 0.3 is 0 Å². The molecule has 0 aromatic rings. The molecule has 3 unspecified atom stereocenters. The Morgan fingerprint density at radius 3 is 2.67 bits per heavy atom. The monoisotopic (exact) mass is 381 g/mol. The molecule has 146 valence electrons. The van der Waals surface area contributed by atoms with Crippen LogP contribution in [0.4, 0.5) is 17.6 Å². The van der Waals surface area contributed by atoms with E-state index in [1.165, 1.54) is 11.1 Å². The molecule has 3 atom stereocenters. The van der Waals surface area contributed by atoms with E-state index in [-0.39, 0.29) is 13.0 Å². The summed E-state index contributed by atoms with van der Waals surface area (Å²) in [4.78, 5) is 5.83. The first-order valence-electron chi connectivity index (χ1n) is 9.00. The highest BCUT2D eigenvalue weighted by molar-refractivity contribution is 5.84. The molecule has 0 spiro atoms. The number of nitrogens with one attached hydrogen (secondary N) is 1. The van der Waals surface area contributed by atoms with Crippen LogP contribution in [-0.2, 0) is 0 Å². The maximum absolute atomic E-state index is 14.1. The third kappa shape index (κ3) is 4.34. The van der Waals surface area contributed by atoms with Gasteiger partial charge in [0.25, 0.3) is 0 Å². The lowest BCUT2D eigenvalue weighted by Gasteiger charge is -2.31. The first-order chi connectivity index (χ1) is 12.7. The van der Waals surface area contributed by atoms with Gasteiger partial charge in [0.2, 0.25) is 5.96 Å². The van der Waals surface area contributed by atoms with Gasteiger partial charge in [-0.1, -0.05) is 19.1 Å². The molecule has 3 nitrogen and oxygen atoms in total. The summed E-state index contributed by atoms with van der Waals surface area (Å²) in [6, 6.07) is -0.649. The molecule has 3 aliphatic rings. The molecule has 1 heterocycles. The van der Waals surface area contributed by atoms with Crippen molar-refractivity contribution in [1.82, 2.24) is 10.2 Å². The molecule has 0 aromatic carbocycles. The Kier molecular flexibility index (Phi) is 5.58. The van der Waals surface area contributed by atoms with Crippen molar-refractivity contribution < 1.29 is 17.6 Å². The van der Waals surface area contributed by atoms with E-state index in [2.05, 4.69) is 23.3 Å².